The molecule has 0 heterocycles. The van der Waals surface area contributed by atoms with Gasteiger partial charge in [-0.25, -0.2) is 0 Å². The maximum atomic E-state index is 10.7. The van der Waals surface area contributed by atoms with Crippen molar-refractivity contribution in [2.45, 2.75) is 46.1 Å². The number of hydrogen-bond donors (Lipinski definition) is 1. The van der Waals surface area contributed by atoms with Crippen LogP contribution in [0.1, 0.15) is 46.1 Å². The number of benzene rings is 1. The van der Waals surface area contributed by atoms with E-state index in [1.807, 2.05) is 6.07 Å². The van der Waals surface area contributed by atoms with E-state index in [-0.39, 0.29) is 0 Å². The summed E-state index contributed by atoms with van der Waals surface area (Å²) < 4.78 is 5.26. The molecule has 1 aromatic rings. The van der Waals surface area contributed by atoms with Crippen LogP contribution >= 0.6 is 0 Å². The van der Waals surface area contributed by atoms with Crippen molar-refractivity contribution < 1.29 is 9.53 Å². The third-order valence-corrected chi connectivity index (χ3v) is 4.04. The minimum Gasteiger partial charge on any atom is -0.456 e. The van der Waals surface area contributed by atoms with Crippen LogP contribution in [-0.2, 0) is 15.1 Å². The zero-order chi connectivity index (χ0) is 16.3. The zero-order valence-corrected chi connectivity index (χ0v) is 14.1. The second kappa shape index (κ2) is 6.59. The molecule has 0 saturated heterocycles. The van der Waals surface area contributed by atoms with Gasteiger partial charge in [0.05, 0.1) is 11.4 Å². The van der Waals surface area contributed by atoms with Crippen LogP contribution in [0.2, 0.25) is 0 Å². The summed E-state index contributed by atoms with van der Waals surface area (Å²) in [6.45, 7) is 11.4. The molecule has 0 aliphatic heterocycles. The van der Waals surface area contributed by atoms with Gasteiger partial charge in [0, 0.05) is 13.1 Å². The highest BCUT2D eigenvalue weighted by molar-refractivity contribution is 5.69. The van der Waals surface area contributed by atoms with Crippen LogP contribution in [0.15, 0.2) is 18.2 Å². The van der Waals surface area contributed by atoms with Gasteiger partial charge in [-0.2, -0.15) is 0 Å². The predicted molar refractivity (Wildman–Crippen MR) is 90.8 cm³/mol. The Morgan fingerprint density at radius 1 is 1.23 bits per heavy atom. The van der Waals surface area contributed by atoms with Crippen molar-refractivity contribution in [2.75, 3.05) is 23.7 Å². The normalized spacial score (nSPS) is 15.9. The highest BCUT2D eigenvalue weighted by Gasteiger charge is 2.47. The lowest BCUT2D eigenvalue weighted by Crippen LogP contribution is -2.32. The average molecular weight is 304 g/mol. The number of carbonyl (C=O) groups is 1. The molecule has 0 aromatic heterocycles. The van der Waals surface area contributed by atoms with Crippen molar-refractivity contribution in [3.05, 3.63) is 23.8 Å². The second-order valence-electron chi connectivity index (χ2n) is 7.17. The molecule has 1 aliphatic carbocycles. The number of ether oxygens (including phenoxy) is 1. The van der Waals surface area contributed by atoms with E-state index in [1.54, 1.807) is 0 Å². The number of anilines is 2. The summed E-state index contributed by atoms with van der Waals surface area (Å²) in [5.74, 6) is 1.15. The van der Waals surface area contributed by atoms with E-state index in [9.17, 15) is 4.79 Å². The van der Waals surface area contributed by atoms with Gasteiger partial charge in [-0.3, -0.25) is 4.79 Å². The fourth-order valence-corrected chi connectivity index (χ4v) is 2.96. The first-order valence-corrected chi connectivity index (χ1v) is 8.14. The molecule has 0 atom stereocenters. The van der Waals surface area contributed by atoms with Crippen LogP contribution in [-0.4, -0.2) is 19.6 Å². The highest BCUT2D eigenvalue weighted by atomic mass is 16.5. The minimum atomic E-state index is -0.421. The van der Waals surface area contributed by atoms with E-state index in [1.165, 1.54) is 0 Å². The fourth-order valence-electron chi connectivity index (χ4n) is 2.96. The first-order chi connectivity index (χ1) is 10.4. The molecule has 122 valence electrons. The summed E-state index contributed by atoms with van der Waals surface area (Å²) in [7, 11) is 0. The van der Waals surface area contributed by atoms with Gasteiger partial charge in [-0.05, 0) is 42.4 Å². The molecule has 4 heteroatoms. The van der Waals surface area contributed by atoms with E-state index in [0.29, 0.717) is 18.3 Å². The van der Waals surface area contributed by atoms with Crippen LogP contribution < -0.4 is 10.6 Å². The smallest absolute Gasteiger partial charge is 0.293 e. The molecule has 0 amide bonds. The first-order valence-electron chi connectivity index (χ1n) is 8.14. The van der Waals surface area contributed by atoms with Crippen LogP contribution in [0.5, 0.6) is 0 Å². The zero-order valence-electron chi connectivity index (χ0n) is 14.1. The molecule has 0 spiro atoms. The monoisotopic (exact) mass is 304 g/mol. The molecule has 1 aliphatic rings. The van der Waals surface area contributed by atoms with Crippen molar-refractivity contribution in [3.63, 3.8) is 0 Å². The van der Waals surface area contributed by atoms with Gasteiger partial charge in [0.2, 0.25) is 0 Å². The van der Waals surface area contributed by atoms with Gasteiger partial charge in [0.15, 0.2) is 0 Å². The standard InChI is InChI=1S/C18H28N2O2/c1-13(2)10-20(11-14(3)4)17-6-5-15(9-16(17)19)18(7-8-18)22-12-21/h5-6,9,12-14H,7-8,10-11,19H2,1-4H3. The Morgan fingerprint density at radius 3 is 2.23 bits per heavy atom. The Bertz CT molecular complexity index is 512. The Balaban J connectivity index is 2.25. The number of rotatable bonds is 8. The lowest BCUT2D eigenvalue weighted by Gasteiger charge is -2.30. The van der Waals surface area contributed by atoms with Crippen LogP contribution in [0, 0.1) is 11.8 Å². The molecule has 1 fully saturated rings. The maximum Gasteiger partial charge on any atom is 0.293 e. The van der Waals surface area contributed by atoms with E-state index in [0.717, 1.165) is 42.9 Å². The molecule has 1 saturated carbocycles. The molecule has 1 aromatic carbocycles. The largest absolute Gasteiger partial charge is 0.456 e. The van der Waals surface area contributed by atoms with E-state index in [2.05, 4.69) is 44.7 Å². The molecule has 4 nitrogen and oxygen atoms in total. The summed E-state index contributed by atoms with van der Waals surface area (Å²) in [5.41, 5.74) is 8.74. The topological polar surface area (TPSA) is 55.6 Å². The number of carbonyl (C=O) groups excluding carboxylic acids is 1. The van der Waals surface area contributed by atoms with Gasteiger partial charge in [0.1, 0.15) is 5.60 Å². The van der Waals surface area contributed by atoms with Crippen LogP contribution in [0.25, 0.3) is 0 Å². The fraction of sp³-hybridized carbons (Fsp3) is 0.611. The van der Waals surface area contributed by atoms with Crippen LogP contribution in [0.4, 0.5) is 11.4 Å². The van der Waals surface area contributed by atoms with Crippen molar-refractivity contribution in [2.24, 2.45) is 11.8 Å². The third-order valence-electron chi connectivity index (χ3n) is 4.04. The van der Waals surface area contributed by atoms with Gasteiger partial charge >= 0.3 is 0 Å². The summed E-state index contributed by atoms with van der Waals surface area (Å²) >= 11 is 0. The summed E-state index contributed by atoms with van der Waals surface area (Å²) in [6, 6.07) is 6.10. The Labute approximate surface area is 133 Å². The Morgan fingerprint density at radius 2 is 1.82 bits per heavy atom. The second-order valence-corrected chi connectivity index (χ2v) is 7.17. The molecule has 0 bridgehead atoms. The Kier molecular flexibility index (Phi) is 4.99. The van der Waals surface area contributed by atoms with Gasteiger partial charge in [-0.1, -0.05) is 33.8 Å². The molecule has 2 rings (SSSR count). The summed E-state index contributed by atoms with van der Waals surface area (Å²) in [5, 5.41) is 0. The summed E-state index contributed by atoms with van der Waals surface area (Å²) in [6.07, 6.45) is 1.76. The third kappa shape index (κ3) is 3.73. The molecule has 0 radical (unpaired) electrons. The molecular formula is C18H28N2O2. The van der Waals surface area contributed by atoms with Gasteiger partial charge in [0.25, 0.3) is 6.47 Å². The lowest BCUT2D eigenvalue weighted by molar-refractivity contribution is -0.136. The number of nitrogens with two attached hydrogens (primary N) is 1. The van der Waals surface area contributed by atoms with Crippen LogP contribution in [0.3, 0.4) is 0 Å². The molecule has 2 N–H and O–H groups in total. The molecule has 0 unspecified atom stereocenters. The Hall–Kier alpha value is -1.71. The quantitative estimate of drug-likeness (QED) is 0.589. The number of hydrogen-bond acceptors (Lipinski definition) is 4. The lowest BCUT2D eigenvalue weighted by atomic mass is 10.0. The summed E-state index contributed by atoms with van der Waals surface area (Å²) in [4.78, 5) is 13.0. The first kappa shape index (κ1) is 16.7. The number of nitrogens with zero attached hydrogens (tertiary/aromatic N) is 1. The van der Waals surface area contributed by atoms with Gasteiger partial charge < -0.3 is 15.4 Å². The number of nitrogen functional groups attached to an aromatic ring is 1. The predicted octanol–water partition coefficient (Wildman–Crippen LogP) is 3.55. The maximum absolute atomic E-state index is 10.7. The van der Waals surface area contributed by atoms with E-state index < -0.39 is 5.60 Å². The van der Waals surface area contributed by atoms with Crippen molar-refractivity contribution in [1.82, 2.24) is 0 Å². The van der Waals surface area contributed by atoms with Crippen molar-refractivity contribution in [3.8, 4) is 0 Å². The van der Waals surface area contributed by atoms with Gasteiger partial charge in [-0.15, -0.1) is 0 Å². The van der Waals surface area contributed by atoms with E-state index in [4.69, 9.17) is 10.5 Å². The highest BCUT2D eigenvalue weighted by Crippen LogP contribution is 2.49. The SMILES string of the molecule is CC(C)CN(CC(C)C)c1ccc(C2(OC=O)CC2)cc1N. The van der Waals surface area contributed by atoms with Crippen molar-refractivity contribution >= 4 is 17.8 Å². The molecular weight excluding hydrogens is 276 g/mol. The van der Waals surface area contributed by atoms with Crippen molar-refractivity contribution in [1.29, 1.82) is 0 Å². The van der Waals surface area contributed by atoms with E-state index >= 15 is 0 Å². The molecule has 22 heavy (non-hydrogen) atoms. The minimum absolute atomic E-state index is 0.421. The average Bonchev–Trinajstić information content (AvgIpc) is 3.18.